The highest BCUT2D eigenvalue weighted by molar-refractivity contribution is 7.71. The molecule has 24 heavy (non-hydrogen) atoms. The molecule has 0 aliphatic rings. The Hall–Kier alpha value is -2.60. The zero-order valence-electron chi connectivity index (χ0n) is 13.6. The third kappa shape index (κ3) is 3.49. The number of anilines is 1. The van der Waals surface area contributed by atoms with E-state index in [2.05, 4.69) is 27.4 Å². The molecule has 5 nitrogen and oxygen atoms in total. The number of ether oxygens (including phenoxy) is 2. The average Bonchev–Trinajstić information content (AvgIpc) is 2.61. The summed E-state index contributed by atoms with van der Waals surface area (Å²) in [5, 5.41) is 4.28. The van der Waals surface area contributed by atoms with E-state index in [1.54, 1.807) is 14.2 Å². The normalized spacial score (nSPS) is 10.6. The van der Waals surface area contributed by atoms with Crippen LogP contribution in [0.5, 0.6) is 11.5 Å². The van der Waals surface area contributed by atoms with Crippen molar-refractivity contribution in [1.29, 1.82) is 0 Å². The number of aromatic amines is 1. The smallest absolute Gasteiger partial charge is 0.199 e. The van der Waals surface area contributed by atoms with E-state index in [0.717, 1.165) is 29.7 Å². The predicted octanol–water partition coefficient (Wildman–Crippen LogP) is 3.96. The van der Waals surface area contributed by atoms with Crippen molar-refractivity contribution in [2.45, 2.75) is 6.42 Å². The largest absolute Gasteiger partial charge is 0.493 e. The predicted molar refractivity (Wildman–Crippen MR) is 98.7 cm³/mol. The highest BCUT2D eigenvalue weighted by Gasteiger charge is 2.10. The number of hydrogen-bond donors (Lipinski definition) is 2. The number of hydrogen-bond acceptors (Lipinski definition) is 5. The molecule has 3 rings (SSSR count). The zero-order chi connectivity index (χ0) is 16.9. The summed E-state index contributed by atoms with van der Waals surface area (Å²) in [6, 6.07) is 14.1. The van der Waals surface area contributed by atoms with Crippen LogP contribution in [0.1, 0.15) is 5.56 Å². The third-order valence-electron chi connectivity index (χ3n) is 3.78. The Balaban J connectivity index is 1.90. The van der Waals surface area contributed by atoms with Crippen LogP contribution in [-0.2, 0) is 6.42 Å². The van der Waals surface area contributed by atoms with E-state index in [1.807, 2.05) is 30.3 Å². The second-order valence-corrected chi connectivity index (χ2v) is 5.69. The standard InChI is InChI=1S/C18H19N3O2S/c1-22-15-10-13-14(11-16(15)23-2)20-18(24)21-17(13)19-9-8-12-6-4-3-5-7-12/h3-7,10-11H,8-9H2,1-2H3,(H2,19,20,21,24). The van der Waals surface area contributed by atoms with Crippen LogP contribution < -0.4 is 14.8 Å². The summed E-state index contributed by atoms with van der Waals surface area (Å²) in [7, 11) is 3.23. The number of fused-ring (bicyclic) bond motifs is 1. The van der Waals surface area contributed by atoms with E-state index in [9.17, 15) is 0 Å². The Morgan fingerprint density at radius 2 is 1.79 bits per heavy atom. The Morgan fingerprint density at radius 3 is 2.50 bits per heavy atom. The first kappa shape index (κ1) is 16.3. The van der Waals surface area contributed by atoms with Gasteiger partial charge in [0.1, 0.15) is 5.82 Å². The molecule has 0 amide bonds. The molecule has 0 bridgehead atoms. The van der Waals surface area contributed by atoms with Gasteiger partial charge in [-0.1, -0.05) is 30.3 Å². The van der Waals surface area contributed by atoms with Crippen LogP contribution in [0.25, 0.3) is 10.9 Å². The second kappa shape index (κ2) is 7.31. The number of H-pyrrole nitrogens is 1. The number of nitrogens with zero attached hydrogens (tertiary/aromatic N) is 1. The summed E-state index contributed by atoms with van der Waals surface area (Å²) >= 11 is 5.23. The Morgan fingerprint density at radius 1 is 1.08 bits per heavy atom. The van der Waals surface area contributed by atoms with Gasteiger partial charge in [0.05, 0.1) is 19.7 Å². The van der Waals surface area contributed by atoms with Crippen molar-refractivity contribution in [1.82, 2.24) is 9.97 Å². The summed E-state index contributed by atoms with van der Waals surface area (Å²) in [5.41, 5.74) is 2.13. The topological polar surface area (TPSA) is 59.2 Å². The van der Waals surface area contributed by atoms with Crippen LogP contribution in [0.4, 0.5) is 5.82 Å². The van der Waals surface area contributed by atoms with Crippen LogP contribution in [-0.4, -0.2) is 30.7 Å². The van der Waals surface area contributed by atoms with Gasteiger partial charge < -0.3 is 19.8 Å². The van der Waals surface area contributed by atoms with Gasteiger partial charge in [-0.25, -0.2) is 4.98 Å². The fourth-order valence-electron chi connectivity index (χ4n) is 2.59. The summed E-state index contributed by atoms with van der Waals surface area (Å²) in [6.45, 7) is 0.763. The maximum atomic E-state index is 5.38. The van der Waals surface area contributed by atoms with Crippen molar-refractivity contribution in [2.75, 3.05) is 26.1 Å². The van der Waals surface area contributed by atoms with Gasteiger partial charge in [0.25, 0.3) is 0 Å². The van der Waals surface area contributed by atoms with E-state index < -0.39 is 0 Å². The maximum Gasteiger partial charge on any atom is 0.199 e. The monoisotopic (exact) mass is 341 g/mol. The van der Waals surface area contributed by atoms with Gasteiger partial charge in [-0.3, -0.25) is 0 Å². The number of aromatic nitrogens is 2. The van der Waals surface area contributed by atoms with E-state index in [0.29, 0.717) is 16.3 Å². The molecule has 0 unspecified atom stereocenters. The molecular weight excluding hydrogens is 322 g/mol. The van der Waals surface area contributed by atoms with Crippen LogP contribution in [0.2, 0.25) is 0 Å². The Bertz CT molecular complexity index is 894. The Labute approximate surface area is 145 Å². The van der Waals surface area contributed by atoms with Gasteiger partial charge in [0.2, 0.25) is 0 Å². The maximum absolute atomic E-state index is 5.38. The minimum atomic E-state index is 0.428. The third-order valence-corrected chi connectivity index (χ3v) is 3.98. The number of benzene rings is 2. The fraction of sp³-hybridized carbons (Fsp3) is 0.222. The van der Waals surface area contributed by atoms with Crippen LogP contribution >= 0.6 is 12.2 Å². The summed E-state index contributed by atoms with van der Waals surface area (Å²) in [6.07, 6.45) is 0.905. The molecule has 1 heterocycles. The lowest BCUT2D eigenvalue weighted by Gasteiger charge is -2.12. The SMILES string of the molecule is COc1cc2[nH]c(=S)nc(NCCc3ccccc3)c2cc1OC. The second-order valence-electron chi connectivity index (χ2n) is 5.31. The van der Waals surface area contributed by atoms with Gasteiger partial charge in [-0.05, 0) is 30.3 Å². The van der Waals surface area contributed by atoms with Crippen molar-refractivity contribution >= 4 is 28.9 Å². The molecule has 1 aromatic heterocycles. The van der Waals surface area contributed by atoms with E-state index >= 15 is 0 Å². The lowest BCUT2D eigenvalue weighted by Crippen LogP contribution is -2.07. The van der Waals surface area contributed by atoms with Crippen molar-refractivity contribution in [2.24, 2.45) is 0 Å². The molecule has 2 N–H and O–H groups in total. The molecule has 2 aromatic carbocycles. The first-order chi connectivity index (χ1) is 11.7. The quantitative estimate of drug-likeness (QED) is 0.665. The molecule has 0 atom stereocenters. The van der Waals surface area contributed by atoms with E-state index in [1.165, 1.54) is 5.56 Å². The van der Waals surface area contributed by atoms with Crippen molar-refractivity contribution in [3.63, 3.8) is 0 Å². The lowest BCUT2D eigenvalue weighted by atomic mass is 10.1. The van der Waals surface area contributed by atoms with Crippen LogP contribution in [0.15, 0.2) is 42.5 Å². The van der Waals surface area contributed by atoms with Gasteiger partial charge in [0, 0.05) is 18.0 Å². The molecule has 0 aliphatic heterocycles. The molecule has 124 valence electrons. The van der Waals surface area contributed by atoms with E-state index in [-0.39, 0.29) is 0 Å². The van der Waals surface area contributed by atoms with Crippen molar-refractivity contribution in [3.8, 4) is 11.5 Å². The molecule has 3 aromatic rings. The van der Waals surface area contributed by atoms with Gasteiger partial charge in [0.15, 0.2) is 16.3 Å². The first-order valence-corrected chi connectivity index (χ1v) is 8.06. The molecule has 0 aliphatic carbocycles. The molecule has 0 fully saturated rings. The highest BCUT2D eigenvalue weighted by atomic mass is 32.1. The Kier molecular flexibility index (Phi) is 4.96. The zero-order valence-corrected chi connectivity index (χ0v) is 14.4. The van der Waals surface area contributed by atoms with Gasteiger partial charge >= 0.3 is 0 Å². The minimum Gasteiger partial charge on any atom is -0.493 e. The average molecular weight is 341 g/mol. The first-order valence-electron chi connectivity index (χ1n) is 7.65. The number of nitrogens with one attached hydrogen (secondary N) is 2. The van der Waals surface area contributed by atoms with E-state index in [4.69, 9.17) is 21.7 Å². The lowest BCUT2D eigenvalue weighted by molar-refractivity contribution is 0.356. The fourth-order valence-corrected chi connectivity index (χ4v) is 2.79. The number of methoxy groups -OCH3 is 2. The summed E-state index contributed by atoms with van der Waals surface area (Å²) in [5.74, 6) is 2.05. The summed E-state index contributed by atoms with van der Waals surface area (Å²) < 4.78 is 11.2. The van der Waals surface area contributed by atoms with Gasteiger partial charge in [-0.15, -0.1) is 0 Å². The van der Waals surface area contributed by atoms with Crippen LogP contribution in [0.3, 0.4) is 0 Å². The minimum absolute atomic E-state index is 0.428. The van der Waals surface area contributed by atoms with Gasteiger partial charge in [-0.2, -0.15) is 0 Å². The molecule has 0 spiro atoms. The molecule has 0 saturated carbocycles. The highest BCUT2D eigenvalue weighted by Crippen LogP contribution is 2.33. The van der Waals surface area contributed by atoms with Crippen molar-refractivity contribution in [3.05, 3.63) is 52.8 Å². The molecule has 6 heteroatoms. The number of rotatable bonds is 6. The molecule has 0 saturated heterocycles. The molecule has 0 radical (unpaired) electrons. The summed E-state index contributed by atoms with van der Waals surface area (Å²) in [4.78, 5) is 7.51. The van der Waals surface area contributed by atoms with Crippen LogP contribution in [0, 0.1) is 4.77 Å². The van der Waals surface area contributed by atoms with Crippen molar-refractivity contribution < 1.29 is 9.47 Å². The molecular formula is C18H19N3O2S.